The maximum absolute atomic E-state index is 12.8. The first-order valence-electron chi connectivity index (χ1n) is 7.62. The average molecular weight is 355 g/mol. The molecular formula is C19H18N2OS2. The van der Waals surface area contributed by atoms with Crippen LogP contribution in [0.25, 0.3) is 0 Å². The van der Waals surface area contributed by atoms with Gasteiger partial charge in [0.25, 0.3) is 5.91 Å². The third kappa shape index (κ3) is 4.24. The molecule has 0 aliphatic carbocycles. The Kier molecular flexibility index (Phi) is 5.67. The first kappa shape index (κ1) is 16.7. The quantitative estimate of drug-likeness (QED) is 0.601. The molecule has 0 bridgehead atoms. The number of hydrogen-bond acceptors (Lipinski definition) is 4. The van der Waals surface area contributed by atoms with E-state index in [-0.39, 0.29) is 5.91 Å². The number of carbonyl (C=O) groups excluding carboxylic acids is 1. The average Bonchev–Trinajstić information content (AvgIpc) is 3.14. The second-order valence-corrected chi connectivity index (χ2v) is 7.44. The van der Waals surface area contributed by atoms with Gasteiger partial charge in [-0.1, -0.05) is 24.3 Å². The van der Waals surface area contributed by atoms with E-state index in [1.807, 2.05) is 43.4 Å². The second-order valence-electron chi connectivity index (χ2n) is 5.39. The molecule has 3 nitrogen and oxygen atoms in total. The summed E-state index contributed by atoms with van der Waals surface area (Å²) in [6, 6.07) is 15.9. The lowest BCUT2D eigenvalue weighted by molar-refractivity contribution is 0.0781. The van der Waals surface area contributed by atoms with Gasteiger partial charge in [0.2, 0.25) is 0 Å². The number of carbonyl (C=O) groups is 1. The fourth-order valence-electron chi connectivity index (χ4n) is 2.36. The van der Waals surface area contributed by atoms with Gasteiger partial charge >= 0.3 is 0 Å². The highest BCUT2D eigenvalue weighted by atomic mass is 32.2. The highest BCUT2D eigenvalue weighted by Crippen LogP contribution is 2.28. The standard InChI is InChI=1S/C19H18N2OS2/c1-21(13-15-6-4-10-20-12-15)19(22)17-8-2-3-9-18(17)24-14-16-7-5-11-23-16/h2-12H,13-14H2,1H3. The van der Waals surface area contributed by atoms with Crippen molar-refractivity contribution in [1.82, 2.24) is 9.88 Å². The molecule has 3 aromatic rings. The Balaban J connectivity index is 1.72. The highest BCUT2D eigenvalue weighted by Gasteiger charge is 2.16. The number of nitrogens with zero attached hydrogens (tertiary/aromatic N) is 2. The number of hydrogen-bond donors (Lipinski definition) is 0. The molecule has 0 atom stereocenters. The molecule has 0 N–H and O–H groups in total. The zero-order valence-corrected chi connectivity index (χ0v) is 15.0. The maximum atomic E-state index is 12.8. The molecule has 24 heavy (non-hydrogen) atoms. The number of benzene rings is 1. The van der Waals surface area contributed by atoms with Gasteiger partial charge in [0.05, 0.1) is 5.56 Å². The molecule has 0 radical (unpaired) electrons. The minimum Gasteiger partial charge on any atom is -0.337 e. The summed E-state index contributed by atoms with van der Waals surface area (Å²) < 4.78 is 0. The summed E-state index contributed by atoms with van der Waals surface area (Å²) >= 11 is 3.45. The smallest absolute Gasteiger partial charge is 0.255 e. The molecule has 0 unspecified atom stereocenters. The van der Waals surface area contributed by atoms with Crippen LogP contribution < -0.4 is 0 Å². The van der Waals surface area contributed by atoms with Crippen LogP contribution in [0.4, 0.5) is 0 Å². The fraction of sp³-hybridized carbons (Fsp3) is 0.158. The molecular weight excluding hydrogens is 336 g/mol. The lowest BCUT2D eigenvalue weighted by Crippen LogP contribution is -2.26. The Morgan fingerprint density at radius 3 is 2.79 bits per heavy atom. The first-order valence-corrected chi connectivity index (χ1v) is 9.49. The lowest BCUT2D eigenvalue weighted by atomic mass is 10.2. The Bertz CT molecular complexity index is 788. The van der Waals surface area contributed by atoms with Gasteiger partial charge < -0.3 is 4.90 Å². The van der Waals surface area contributed by atoms with Crippen molar-refractivity contribution in [2.24, 2.45) is 0 Å². The SMILES string of the molecule is CN(Cc1cccnc1)C(=O)c1ccccc1SCc1cccs1. The summed E-state index contributed by atoms with van der Waals surface area (Å²) in [5.41, 5.74) is 1.78. The van der Waals surface area contributed by atoms with Crippen molar-refractivity contribution in [3.63, 3.8) is 0 Å². The van der Waals surface area contributed by atoms with E-state index in [0.717, 1.165) is 21.8 Å². The zero-order valence-electron chi connectivity index (χ0n) is 13.4. The van der Waals surface area contributed by atoms with Gasteiger partial charge in [0.15, 0.2) is 0 Å². The van der Waals surface area contributed by atoms with E-state index in [0.29, 0.717) is 6.54 Å². The molecule has 0 saturated heterocycles. The van der Waals surface area contributed by atoms with E-state index in [1.165, 1.54) is 4.88 Å². The second kappa shape index (κ2) is 8.13. The Morgan fingerprint density at radius 2 is 2.04 bits per heavy atom. The minimum atomic E-state index is 0.0353. The third-order valence-corrected chi connectivity index (χ3v) is 5.74. The maximum Gasteiger partial charge on any atom is 0.255 e. The van der Waals surface area contributed by atoms with E-state index in [1.54, 1.807) is 40.4 Å². The van der Waals surface area contributed by atoms with Crippen molar-refractivity contribution in [3.8, 4) is 0 Å². The van der Waals surface area contributed by atoms with E-state index >= 15 is 0 Å². The molecule has 0 saturated carbocycles. The zero-order chi connectivity index (χ0) is 16.8. The monoisotopic (exact) mass is 354 g/mol. The number of rotatable bonds is 6. The fourth-order valence-corrected chi connectivity index (χ4v) is 4.17. The predicted molar refractivity (Wildman–Crippen MR) is 100 cm³/mol. The van der Waals surface area contributed by atoms with Crippen LogP contribution in [-0.4, -0.2) is 22.8 Å². The molecule has 2 aromatic heterocycles. The minimum absolute atomic E-state index is 0.0353. The number of pyridine rings is 1. The normalized spacial score (nSPS) is 10.5. The molecule has 3 rings (SSSR count). The summed E-state index contributed by atoms with van der Waals surface area (Å²) in [5, 5.41) is 2.08. The van der Waals surface area contributed by atoms with E-state index < -0.39 is 0 Å². The Labute approximate surface area is 150 Å². The van der Waals surface area contributed by atoms with E-state index in [2.05, 4.69) is 22.5 Å². The Hall–Kier alpha value is -2.11. The van der Waals surface area contributed by atoms with Gasteiger partial charge in [-0.3, -0.25) is 9.78 Å². The molecule has 0 spiro atoms. The van der Waals surface area contributed by atoms with Gasteiger partial charge in [-0.05, 0) is 35.2 Å². The van der Waals surface area contributed by atoms with Crippen LogP contribution >= 0.6 is 23.1 Å². The highest BCUT2D eigenvalue weighted by molar-refractivity contribution is 7.98. The van der Waals surface area contributed by atoms with E-state index in [9.17, 15) is 4.79 Å². The van der Waals surface area contributed by atoms with Crippen molar-refractivity contribution in [3.05, 3.63) is 82.3 Å². The van der Waals surface area contributed by atoms with Crippen LogP contribution in [0.3, 0.4) is 0 Å². The third-order valence-electron chi connectivity index (χ3n) is 3.56. The van der Waals surface area contributed by atoms with Crippen LogP contribution in [-0.2, 0) is 12.3 Å². The molecule has 0 aliphatic heterocycles. The van der Waals surface area contributed by atoms with Crippen LogP contribution in [0.5, 0.6) is 0 Å². The summed E-state index contributed by atoms with van der Waals surface area (Å²) in [4.78, 5) is 21.0. The van der Waals surface area contributed by atoms with Crippen molar-refractivity contribution >= 4 is 29.0 Å². The summed E-state index contributed by atoms with van der Waals surface area (Å²) in [7, 11) is 1.83. The van der Waals surface area contributed by atoms with Crippen LogP contribution in [0.1, 0.15) is 20.8 Å². The van der Waals surface area contributed by atoms with Crippen LogP contribution in [0.15, 0.2) is 71.2 Å². The Morgan fingerprint density at radius 1 is 1.17 bits per heavy atom. The summed E-state index contributed by atoms with van der Waals surface area (Å²) in [6.07, 6.45) is 3.53. The van der Waals surface area contributed by atoms with Gasteiger partial charge in [0.1, 0.15) is 0 Å². The van der Waals surface area contributed by atoms with E-state index in [4.69, 9.17) is 0 Å². The summed E-state index contributed by atoms with van der Waals surface area (Å²) in [5.74, 6) is 0.919. The van der Waals surface area contributed by atoms with Crippen LogP contribution in [0, 0.1) is 0 Å². The van der Waals surface area contributed by atoms with Gasteiger partial charge in [-0.2, -0.15) is 0 Å². The van der Waals surface area contributed by atoms with Crippen molar-refractivity contribution in [2.45, 2.75) is 17.2 Å². The van der Waals surface area contributed by atoms with Gasteiger partial charge in [0, 0.05) is 41.5 Å². The summed E-state index contributed by atoms with van der Waals surface area (Å²) in [6.45, 7) is 0.552. The first-order chi connectivity index (χ1) is 11.7. The van der Waals surface area contributed by atoms with Gasteiger partial charge in [-0.25, -0.2) is 0 Å². The van der Waals surface area contributed by atoms with Crippen molar-refractivity contribution in [2.75, 3.05) is 7.05 Å². The van der Waals surface area contributed by atoms with Crippen molar-refractivity contribution in [1.29, 1.82) is 0 Å². The lowest BCUT2D eigenvalue weighted by Gasteiger charge is -2.19. The van der Waals surface area contributed by atoms with Gasteiger partial charge in [-0.15, -0.1) is 23.1 Å². The molecule has 0 aliphatic rings. The molecule has 1 amide bonds. The predicted octanol–water partition coefficient (Wildman–Crippen LogP) is 4.71. The number of amides is 1. The topological polar surface area (TPSA) is 33.2 Å². The largest absolute Gasteiger partial charge is 0.337 e. The number of thioether (sulfide) groups is 1. The molecule has 0 fully saturated rings. The van der Waals surface area contributed by atoms with Crippen molar-refractivity contribution < 1.29 is 4.79 Å². The molecule has 5 heteroatoms. The molecule has 1 aromatic carbocycles. The number of thiophene rings is 1. The number of aromatic nitrogens is 1. The molecule has 122 valence electrons. The van der Waals surface area contributed by atoms with Crippen LogP contribution in [0.2, 0.25) is 0 Å². The molecule has 2 heterocycles.